The van der Waals surface area contributed by atoms with Crippen molar-refractivity contribution in [3.63, 3.8) is 0 Å². The molecule has 0 aliphatic rings. The molecule has 6 heteroatoms. The molecule has 1 aromatic carbocycles. The zero-order valence-electron chi connectivity index (χ0n) is 13.5. The third kappa shape index (κ3) is 3.03. The van der Waals surface area contributed by atoms with Crippen molar-refractivity contribution in [2.24, 2.45) is 0 Å². The first-order valence-corrected chi connectivity index (χ1v) is 8.03. The first-order valence-electron chi connectivity index (χ1n) is 7.65. The highest BCUT2D eigenvalue weighted by molar-refractivity contribution is 6.34. The number of pyridine rings is 1. The maximum Gasteiger partial charge on any atom is 0.257 e. The molecule has 0 fully saturated rings. The second-order valence-electron chi connectivity index (χ2n) is 5.37. The molecule has 0 bridgehead atoms. The molecule has 0 spiro atoms. The Kier molecular flexibility index (Phi) is 4.62. The summed E-state index contributed by atoms with van der Waals surface area (Å²) in [4.78, 5) is 16.3. The van der Waals surface area contributed by atoms with Gasteiger partial charge >= 0.3 is 0 Å². The molecule has 1 N–H and O–H groups in total. The molecule has 3 aromatic rings. The quantitative estimate of drug-likeness (QED) is 0.779. The number of hydrogen-bond donors (Lipinski definition) is 1. The molecule has 24 heavy (non-hydrogen) atoms. The average Bonchev–Trinajstić information content (AvgIpc) is 2.98. The number of para-hydroxylation sites is 1. The van der Waals surface area contributed by atoms with Crippen LogP contribution in [0.25, 0.3) is 5.69 Å². The fourth-order valence-electron chi connectivity index (χ4n) is 2.58. The largest absolute Gasteiger partial charge is 0.319 e. The molecule has 0 unspecified atom stereocenters. The summed E-state index contributed by atoms with van der Waals surface area (Å²) in [7, 11) is 0. The summed E-state index contributed by atoms with van der Waals surface area (Å²) in [5.41, 5.74) is 4.11. The third-order valence-electron chi connectivity index (χ3n) is 3.81. The zero-order chi connectivity index (χ0) is 17.1. The van der Waals surface area contributed by atoms with Crippen LogP contribution in [0.3, 0.4) is 0 Å². The van der Waals surface area contributed by atoms with Crippen LogP contribution < -0.4 is 5.32 Å². The normalized spacial score (nSPS) is 10.6. The molecule has 1 amide bonds. The highest BCUT2D eigenvalue weighted by Gasteiger charge is 2.16. The van der Waals surface area contributed by atoms with Crippen molar-refractivity contribution < 1.29 is 4.79 Å². The minimum absolute atomic E-state index is 0.276. The lowest BCUT2D eigenvalue weighted by atomic mass is 10.2. The van der Waals surface area contributed by atoms with Crippen LogP contribution in [0, 0.1) is 6.92 Å². The summed E-state index contributed by atoms with van der Waals surface area (Å²) in [6, 6.07) is 9.59. The Hall–Kier alpha value is -2.66. The van der Waals surface area contributed by atoms with Gasteiger partial charge in [0.05, 0.1) is 33.9 Å². The Labute approximate surface area is 145 Å². The van der Waals surface area contributed by atoms with Crippen LogP contribution in [0.1, 0.15) is 28.5 Å². The zero-order valence-corrected chi connectivity index (χ0v) is 14.2. The minimum Gasteiger partial charge on any atom is -0.319 e. The Morgan fingerprint density at radius 1 is 1.25 bits per heavy atom. The van der Waals surface area contributed by atoms with E-state index >= 15 is 0 Å². The van der Waals surface area contributed by atoms with Crippen molar-refractivity contribution in [3.8, 4) is 5.69 Å². The molecular formula is C18H17ClN4O. The second-order valence-corrected chi connectivity index (χ2v) is 5.77. The van der Waals surface area contributed by atoms with Crippen LogP contribution in [-0.2, 0) is 6.42 Å². The van der Waals surface area contributed by atoms with Crippen molar-refractivity contribution in [1.29, 1.82) is 0 Å². The lowest BCUT2D eigenvalue weighted by molar-refractivity contribution is 0.102. The topological polar surface area (TPSA) is 59.8 Å². The first kappa shape index (κ1) is 16.2. The van der Waals surface area contributed by atoms with Crippen molar-refractivity contribution in [2.75, 3.05) is 5.32 Å². The third-order valence-corrected chi connectivity index (χ3v) is 4.11. The first-order chi connectivity index (χ1) is 11.6. The summed E-state index contributed by atoms with van der Waals surface area (Å²) >= 11 is 6.04. The van der Waals surface area contributed by atoms with Crippen LogP contribution in [-0.4, -0.2) is 20.7 Å². The summed E-state index contributed by atoms with van der Waals surface area (Å²) in [5.74, 6) is -0.276. The van der Waals surface area contributed by atoms with Crippen molar-refractivity contribution in [1.82, 2.24) is 14.8 Å². The predicted molar refractivity (Wildman–Crippen MR) is 94.9 cm³/mol. The Morgan fingerprint density at radius 3 is 2.75 bits per heavy atom. The van der Waals surface area contributed by atoms with Crippen LogP contribution >= 0.6 is 11.6 Å². The van der Waals surface area contributed by atoms with Gasteiger partial charge in [-0.3, -0.25) is 9.78 Å². The fraction of sp³-hybridized carbons (Fsp3) is 0.167. The van der Waals surface area contributed by atoms with Gasteiger partial charge in [0.1, 0.15) is 0 Å². The Morgan fingerprint density at radius 2 is 2.04 bits per heavy atom. The smallest absolute Gasteiger partial charge is 0.257 e. The lowest BCUT2D eigenvalue weighted by Crippen LogP contribution is -2.14. The van der Waals surface area contributed by atoms with E-state index in [1.807, 2.05) is 42.8 Å². The van der Waals surface area contributed by atoms with E-state index in [2.05, 4.69) is 15.4 Å². The molecule has 0 atom stereocenters. The molecule has 3 rings (SSSR count). The number of carbonyl (C=O) groups is 1. The van der Waals surface area contributed by atoms with Gasteiger partial charge in [-0.05, 0) is 31.0 Å². The van der Waals surface area contributed by atoms with E-state index in [4.69, 9.17) is 11.6 Å². The number of hydrogen-bond acceptors (Lipinski definition) is 3. The number of halogens is 1. The van der Waals surface area contributed by atoms with Gasteiger partial charge in [-0.1, -0.05) is 36.7 Å². The van der Waals surface area contributed by atoms with Crippen LogP contribution in [0.5, 0.6) is 0 Å². The number of aromatic nitrogens is 3. The number of amides is 1. The number of anilines is 1. The summed E-state index contributed by atoms with van der Waals surface area (Å²) < 4.78 is 1.86. The predicted octanol–water partition coefficient (Wildman–Crippen LogP) is 4.04. The van der Waals surface area contributed by atoms with E-state index in [-0.39, 0.29) is 5.91 Å². The van der Waals surface area contributed by atoms with E-state index in [1.165, 1.54) is 12.4 Å². The van der Waals surface area contributed by atoms with Crippen molar-refractivity contribution in [3.05, 3.63) is 70.8 Å². The molecule has 0 saturated carbocycles. The lowest BCUT2D eigenvalue weighted by Gasteiger charge is -2.11. The van der Waals surface area contributed by atoms with E-state index < -0.39 is 0 Å². The van der Waals surface area contributed by atoms with Crippen LogP contribution in [0.15, 0.2) is 48.9 Å². The molecule has 2 heterocycles. The van der Waals surface area contributed by atoms with Gasteiger partial charge < -0.3 is 5.32 Å². The molecule has 0 aliphatic heterocycles. The number of benzene rings is 1. The Balaban J connectivity index is 1.95. The van der Waals surface area contributed by atoms with E-state index in [9.17, 15) is 4.79 Å². The maximum absolute atomic E-state index is 12.5. The van der Waals surface area contributed by atoms with E-state index in [1.54, 1.807) is 12.3 Å². The SMILES string of the molecule is CCc1c(NC(=O)c2ccncc2Cl)cnn1-c1ccccc1C. The van der Waals surface area contributed by atoms with Gasteiger partial charge in [0.25, 0.3) is 5.91 Å². The number of aryl methyl sites for hydroxylation is 1. The number of nitrogens with zero attached hydrogens (tertiary/aromatic N) is 3. The monoisotopic (exact) mass is 340 g/mol. The van der Waals surface area contributed by atoms with Gasteiger partial charge in [0.15, 0.2) is 0 Å². The highest BCUT2D eigenvalue weighted by atomic mass is 35.5. The number of nitrogens with one attached hydrogen (secondary N) is 1. The molecule has 122 valence electrons. The molecule has 0 aliphatic carbocycles. The fourth-order valence-corrected chi connectivity index (χ4v) is 2.78. The van der Waals surface area contributed by atoms with Gasteiger partial charge in [-0.15, -0.1) is 0 Å². The molecule has 5 nitrogen and oxygen atoms in total. The van der Waals surface area contributed by atoms with Gasteiger partial charge in [0, 0.05) is 12.4 Å². The standard InChI is InChI=1S/C18H17ClN4O/c1-3-16-15(22-18(24)13-8-9-20-10-14(13)19)11-21-23(16)17-7-5-4-6-12(17)2/h4-11H,3H2,1-2H3,(H,22,24). The van der Waals surface area contributed by atoms with Gasteiger partial charge in [-0.2, -0.15) is 5.10 Å². The Bertz CT molecular complexity index is 888. The molecule has 0 saturated heterocycles. The molecule has 2 aromatic heterocycles. The summed E-state index contributed by atoms with van der Waals surface area (Å²) in [6.45, 7) is 4.06. The minimum atomic E-state index is -0.276. The van der Waals surface area contributed by atoms with E-state index in [0.29, 0.717) is 16.3 Å². The van der Waals surface area contributed by atoms with Crippen molar-refractivity contribution >= 4 is 23.2 Å². The summed E-state index contributed by atoms with van der Waals surface area (Å²) in [5, 5.41) is 7.66. The highest BCUT2D eigenvalue weighted by Crippen LogP contribution is 2.23. The second kappa shape index (κ2) is 6.84. The van der Waals surface area contributed by atoms with Gasteiger partial charge in [-0.25, -0.2) is 4.68 Å². The van der Waals surface area contributed by atoms with Gasteiger partial charge in [0.2, 0.25) is 0 Å². The van der Waals surface area contributed by atoms with Crippen molar-refractivity contribution in [2.45, 2.75) is 20.3 Å². The van der Waals surface area contributed by atoms with E-state index in [0.717, 1.165) is 23.4 Å². The average molecular weight is 341 g/mol. The maximum atomic E-state index is 12.5. The summed E-state index contributed by atoms with van der Waals surface area (Å²) in [6.07, 6.45) is 5.39. The van der Waals surface area contributed by atoms with Crippen LogP contribution in [0.2, 0.25) is 5.02 Å². The van der Waals surface area contributed by atoms with Crippen LogP contribution in [0.4, 0.5) is 5.69 Å². The molecular weight excluding hydrogens is 324 g/mol. The molecule has 0 radical (unpaired) electrons. The number of carbonyl (C=O) groups excluding carboxylic acids is 1. The number of rotatable bonds is 4.